The first-order valence-corrected chi connectivity index (χ1v) is 6.94. The van der Waals surface area contributed by atoms with E-state index in [1.54, 1.807) is 0 Å². The second-order valence-corrected chi connectivity index (χ2v) is 5.00. The molecule has 1 aromatic carbocycles. The summed E-state index contributed by atoms with van der Waals surface area (Å²) in [6.45, 7) is 0.727. The lowest BCUT2D eigenvalue weighted by atomic mass is 9.95. The van der Waals surface area contributed by atoms with Gasteiger partial charge < -0.3 is 26.0 Å². The molecule has 1 unspecified atom stereocenters. The van der Waals surface area contributed by atoms with Crippen LogP contribution in [-0.2, 0) is 4.79 Å². The Bertz CT molecular complexity index is 756. The SMILES string of the molecule is CNC(CNC(=O)c1cc(C(C)=O)c(C(=O)O)cc1C(=O)O)C(=O)O. The molecule has 0 radical (unpaired) electrons. The normalized spacial score (nSPS) is 11.4. The molecule has 25 heavy (non-hydrogen) atoms. The van der Waals surface area contributed by atoms with Gasteiger partial charge in [0.1, 0.15) is 6.04 Å². The van der Waals surface area contributed by atoms with Gasteiger partial charge in [-0.05, 0) is 26.1 Å². The van der Waals surface area contributed by atoms with E-state index in [0.29, 0.717) is 0 Å². The Morgan fingerprint density at radius 2 is 1.40 bits per heavy atom. The highest BCUT2D eigenvalue weighted by Crippen LogP contribution is 2.19. The maximum Gasteiger partial charge on any atom is 0.336 e. The molecule has 1 aromatic rings. The highest BCUT2D eigenvalue weighted by atomic mass is 16.4. The van der Waals surface area contributed by atoms with Crippen LogP contribution in [0.1, 0.15) is 48.4 Å². The lowest BCUT2D eigenvalue weighted by Gasteiger charge is -2.14. The highest BCUT2D eigenvalue weighted by molar-refractivity contribution is 6.11. The zero-order valence-corrected chi connectivity index (χ0v) is 13.3. The number of benzene rings is 1. The lowest BCUT2D eigenvalue weighted by Crippen LogP contribution is -2.44. The summed E-state index contributed by atoms with van der Waals surface area (Å²) < 4.78 is 0. The van der Waals surface area contributed by atoms with Crippen LogP contribution in [-0.4, -0.2) is 64.6 Å². The minimum absolute atomic E-state index is 0.328. The summed E-state index contributed by atoms with van der Waals surface area (Å²) in [7, 11) is 1.36. The molecule has 0 aliphatic carbocycles. The smallest absolute Gasteiger partial charge is 0.336 e. The minimum atomic E-state index is -1.56. The molecule has 0 fully saturated rings. The van der Waals surface area contributed by atoms with Crippen LogP contribution in [0.2, 0.25) is 0 Å². The number of carbonyl (C=O) groups excluding carboxylic acids is 2. The fourth-order valence-electron chi connectivity index (χ4n) is 2.04. The number of hydrogen-bond acceptors (Lipinski definition) is 6. The van der Waals surface area contributed by atoms with Crippen LogP contribution < -0.4 is 10.6 Å². The number of aliphatic carboxylic acids is 1. The van der Waals surface area contributed by atoms with Crippen molar-refractivity contribution in [2.75, 3.05) is 13.6 Å². The predicted octanol–water partition coefficient (Wildman–Crippen LogP) is -0.312. The number of amides is 1. The van der Waals surface area contributed by atoms with Gasteiger partial charge in [0.05, 0.1) is 16.7 Å². The standard InChI is InChI=1S/C15H16N2O8/c1-6(18)7-3-8(10(14(22)23)4-9(7)13(20)21)12(19)17-5-11(16-2)15(24)25/h3-4,11,16H,5H2,1-2H3,(H,17,19)(H,20,21)(H,22,23)(H,24,25). The first-order valence-electron chi connectivity index (χ1n) is 6.94. The fourth-order valence-corrected chi connectivity index (χ4v) is 2.04. The number of carboxylic acids is 3. The summed E-state index contributed by atoms with van der Waals surface area (Å²) in [5.74, 6) is -5.92. The first-order chi connectivity index (χ1) is 11.6. The molecule has 1 amide bonds. The number of nitrogens with one attached hydrogen (secondary N) is 2. The van der Waals surface area contributed by atoms with Gasteiger partial charge in [0.2, 0.25) is 0 Å². The van der Waals surface area contributed by atoms with Gasteiger partial charge in [-0.2, -0.15) is 0 Å². The van der Waals surface area contributed by atoms with Crippen molar-refractivity contribution in [2.45, 2.75) is 13.0 Å². The molecule has 0 saturated heterocycles. The molecule has 134 valence electrons. The van der Waals surface area contributed by atoms with Crippen LogP contribution in [0.15, 0.2) is 12.1 Å². The third kappa shape index (κ3) is 4.61. The average molecular weight is 352 g/mol. The van der Waals surface area contributed by atoms with E-state index in [4.69, 9.17) is 10.2 Å². The van der Waals surface area contributed by atoms with Gasteiger partial charge in [-0.25, -0.2) is 9.59 Å². The third-order valence-corrected chi connectivity index (χ3v) is 3.36. The Hall–Kier alpha value is -3.27. The largest absolute Gasteiger partial charge is 0.480 e. The van der Waals surface area contributed by atoms with Gasteiger partial charge in [-0.1, -0.05) is 0 Å². The van der Waals surface area contributed by atoms with E-state index in [-0.39, 0.29) is 12.1 Å². The number of carbonyl (C=O) groups is 5. The zero-order valence-electron chi connectivity index (χ0n) is 13.3. The molecule has 1 rings (SSSR count). The van der Waals surface area contributed by atoms with Gasteiger partial charge in [0.15, 0.2) is 5.78 Å². The van der Waals surface area contributed by atoms with Gasteiger partial charge in [-0.3, -0.25) is 14.4 Å². The van der Waals surface area contributed by atoms with E-state index in [0.717, 1.165) is 19.1 Å². The molecule has 0 aromatic heterocycles. The Kier molecular flexibility index (Phi) is 6.34. The van der Waals surface area contributed by atoms with E-state index in [1.165, 1.54) is 7.05 Å². The Morgan fingerprint density at radius 1 is 0.920 bits per heavy atom. The summed E-state index contributed by atoms with van der Waals surface area (Å²) in [6.07, 6.45) is 0. The van der Waals surface area contributed by atoms with Gasteiger partial charge in [-0.15, -0.1) is 0 Å². The van der Waals surface area contributed by atoms with Crippen molar-refractivity contribution in [1.29, 1.82) is 0 Å². The summed E-state index contributed by atoms with van der Waals surface area (Å²) in [5.41, 5.74) is -1.93. The molecule has 5 N–H and O–H groups in total. The van der Waals surface area contributed by atoms with Crippen LogP contribution in [0, 0.1) is 0 Å². The molecule has 10 nitrogen and oxygen atoms in total. The van der Waals surface area contributed by atoms with Crippen LogP contribution in [0.3, 0.4) is 0 Å². The molecule has 0 heterocycles. The summed E-state index contributed by atoms with van der Waals surface area (Å²) >= 11 is 0. The van der Waals surface area contributed by atoms with E-state index < -0.39 is 52.3 Å². The van der Waals surface area contributed by atoms with Crippen molar-refractivity contribution in [3.05, 3.63) is 34.4 Å². The van der Waals surface area contributed by atoms with Crippen molar-refractivity contribution >= 4 is 29.6 Å². The highest BCUT2D eigenvalue weighted by Gasteiger charge is 2.25. The monoisotopic (exact) mass is 352 g/mol. The van der Waals surface area contributed by atoms with E-state index in [9.17, 15) is 29.1 Å². The zero-order chi connectivity index (χ0) is 19.3. The number of hydrogen-bond donors (Lipinski definition) is 5. The maximum absolute atomic E-state index is 12.2. The van der Waals surface area contributed by atoms with E-state index in [1.807, 2.05) is 0 Å². The number of ketones is 1. The number of carboxylic acid groups (broad SMARTS) is 3. The summed E-state index contributed by atoms with van der Waals surface area (Å²) in [6, 6.07) is 0.491. The number of aromatic carboxylic acids is 2. The lowest BCUT2D eigenvalue weighted by molar-refractivity contribution is -0.139. The first kappa shape index (κ1) is 19.8. The Balaban J connectivity index is 3.32. The van der Waals surface area contributed by atoms with Crippen molar-refractivity contribution in [1.82, 2.24) is 10.6 Å². The van der Waals surface area contributed by atoms with E-state index >= 15 is 0 Å². The second-order valence-electron chi connectivity index (χ2n) is 5.00. The Morgan fingerprint density at radius 3 is 1.80 bits per heavy atom. The molecule has 0 saturated carbocycles. The van der Waals surface area contributed by atoms with Gasteiger partial charge in [0, 0.05) is 12.1 Å². The maximum atomic E-state index is 12.2. The molecular weight excluding hydrogens is 336 g/mol. The minimum Gasteiger partial charge on any atom is -0.480 e. The quantitative estimate of drug-likeness (QED) is 0.394. The van der Waals surface area contributed by atoms with Crippen LogP contribution >= 0.6 is 0 Å². The number of likely N-dealkylation sites (N-methyl/N-ethyl adjacent to an activating group) is 1. The van der Waals surface area contributed by atoms with Crippen LogP contribution in [0.25, 0.3) is 0 Å². The third-order valence-electron chi connectivity index (χ3n) is 3.36. The summed E-state index contributed by atoms with van der Waals surface area (Å²) in [4.78, 5) is 57.2. The average Bonchev–Trinajstić information content (AvgIpc) is 2.53. The van der Waals surface area contributed by atoms with Crippen molar-refractivity contribution < 1.29 is 39.3 Å². The Labute approximate surface area is 141 Å². The van der Waals surface area contributed by atoms with E-state index in [2.05, 4.69) is 10.6 Å². The topological polar surface area (TPSA) is 170 Å². The molecule has 1 atom stereocenters. The molecule has 0 spiro atoms. The number of Topliss-reactive ketones (excluding diaryl/α,β-unsaturated/α-hetero) is 1. The number of rotatable bonds is 8. The van der Waals surface area contributed by atoms with Crippen molar-refractivity contribution in [3.8, 4) is 0 Å². The fraction of sp³-hybridized carbons (Fsp3) is 0.267. The predicted molar refractivity (Wildman–Crippen MR) is 83.2 cm³/mol. The summed E-state index contributed by atoms with van der Waals surface area (Å²) in [5, 5.41) is 31.9. The molecule has 0 bridgehead atoms. The second kappa shape index (κ2) is 8.02. The molecule has 0 aliphatic rings. The molecular formula is C15H16N2O8. The van der Waals surface area contributed by atoms with Crippen molar-refractivity contribution in [2.24, 2.45) is 0 Å². The van der Waals surface area contributed by atoms with Gasteiger partial charge in [0.25, 0.3) is 5.91 Å². The molecule has 10 heteroatoms. The van der Waals surface area contributed by atoms with Crippen LogP contribution in [0.4, 0.5) is 0 Å². The van der Waals surface area contributed by atoms with Crippen molar-refractivity contribution in [3.63, 3.8) is 0 Å². The molecule has 0 aliphatic heterocycles. The van der Waals surface area contributed by atoms with Crippen LogP contribution in [0.5, 0.6) is 0 Å². The van der Waals surface area contributed by atoms with Gasteiger partial charge >= 0.3 is 17.9 Å².